The molecule has 1 aliphatic carbocycles. The second-order valence-electron chi connectivity index (χ2n) is 6.36. The summed E-state index contributed by atoms with van der Waals surface area (Å²) in [5.41, 5.74) is 12.8. The first-order chi connectivity index (χ1) is 10.3. The van der Waals surface area contributed by atoms with Crippen molar-refractivity contribution in [3.8, 4) is 0 Å². The Morgan fingerprint density at radius 3 is 2.71 bits per heavy atom. The van der Waals surface area contributed by atoms with E-state index in [2.05, 4.69) is 47.4 Å². The molecule has 0 radical (unpaired) electrons. The minimum atomic E-state index is 0.576. The zero-order chi connectivity index (χ0) is 14.2. The lowest BCUT2D eigenvalue weighted by Gasteiger charge is -2.28. The minimum absolute atomic E-state index is 0.576. The number of nitrogens with zero attached hydrogens (tertiary/aromatic N) is 1. The fourth-order valence-corrected chi connectivity index (χ4v) is 3.99. The van der Waals surface area contributed by atoms with Crippen LogP contribution in [0.4, 0.5) is 5.69 Å². The summed E-state index contributed by atoms with van der Waals surface area (Å²) in [6, 6.07) is 16.0. The van der Waals surface area contributed by atoms with Crippen LogP contribution in [-0.2, 0) is 19.4 Å². The maximum atomic E-state index is 5.93. The summed E-state index contributed by atoms with van der Waals surface area (Å²) in [6.07, 6.45) is 4.88. The van der Waals surface area contributed by atoms with Crippen LogP contribution in [-0.4, -0.2) is 11.4 Å². The first-order valence-corrected chi connectivity index (χ1v) is 8.00. The van der Waals surface area contributed by atoms with Gasteiger partial charge in [0, 0.05) is 18.3 Å². The molecule has 0 amide bonds. The van der Waals surface area contributed by atoms with Gasteiger partial charge in [0.2, 0.25) is 0 Å². The van der Waals surface area contributed by atoms with Crippen LogP contribution in [0.3, 0.4) is 0 Å². The van der Waals surface area contributed by atoms with Gasteiger partial charge in [0.1, 0.15) is 0 Å². The molecule has 0 spiro atoms. The second-order valence-corrected chi connectivity index (χ2v) is 6.36. The van der Waals surface area contributed by atoms with Crippen molar-refractivity contribution in [3.63, 3.8) is 0 Å². The smallest absolute Gasteiger partial charge is 0.0357 e. The van der Waals surface area contributed by atoms with E-state index in [0.29, 0.717) is 6.04 Å². The van der Waals surface area contributed by atoms with Gasteiger partial charge in [-0.3, -0.25) is 4.90 Å². The molecule has 0 saturated carbocycles. The normalized spacial score (nSPS) is 21.6. The predicted molar refractivity (Wildman–Crippen MR) is 87.1 cm³/mol. The zero-order valence-electron chi connectivity index (χ0n) is 12.4. The monoisotopic (exact) mass is 278 g/mol. The number of benzene rings is 2. The van der Waals surface area contributed by atoms with Crippen LogP contribution < -0.4 is 5.73 Å². The molecule has 0 saturated heterocycles. The van der Waals surface area contributed by atoms with Gasteiger partial charge in [0.05, 0.1) is 0 Å². The van der Waals surface area contributed by atoms with E-state index >= 15 is 0 Å². The van der Waals surface area contributed by atoms with Crippen molar-refractivity contribution in [3.05, 3.63) is 64.7 Å². The molecule has 2 aromatic rings. The van der Waals surface area contributed by atoms with Gasteiger partial charge in [-0.05, 0) is 66.6 Å². The number of hydrogen-bond donors (Lipinski definition) is 1. The Kier molecular flexibility index (Phi) is 3.19. The van der Waals surface area contributed by atoms with E-state index in [-0.39, 0.29) is 0 Å². The van der Waals surface area contributed by atoms with E-state index in [0.717, 1.165) is 12.2 Å². The summed E-state index contributed by atoms with van der Waals surface area (Å²) < 4.78 is 0. The Labute approximate surface area is 126 Å². The molecular formula is C19H22N2. The number of nitrogen functional groups attached to an aromatic ring is 1. The SMILES string of the molecule is Nc1ccc2c(c1)CCC2N1CCCc2ccccc2C1. The fourth-order valence-electron chi connectivity index (χ4n) is 3.99. The number of hydrogen-bond acceptors (Lipinski definition) is 2. The summed E-state index contributed by atoms with van der Waals surface area (Å²) in [5.74, 6) is 0. The Bertz CT molecular complexity index is 662. The third kappa shape index (κ3) is 2.34. The van der Waals surface area contributed by atoms with E-state index in [1.54, 1.807) is 0 Å². The molecule has 2 aliphatic rings. The molecule has 4 rings (SSSR count). The van der Waals surface area contributed by atoms with Crippen molar-refractivity contribution >= 4 is 5.69 Å². The molecule has 0 bridgehead atoms. The number of fused-ring (bicyclic) bond motifs is 2. The van der Waals surface area contributed by atoms with Crippen LogP contribution in [0.1, 0.15) is 41.1 Å². The molecule has 0 fully saturated rings. The van der Waals surface area contributed by atoms with Gasteiger partial charge < -0.3 is 5.73 Å². The lowest BCUT2D eigenvalue weighted by atomic mass is 10.0. The summed E-state index contributed by atoms with van der Waals surface area (Å²) in [5, 5.41) is 0. The van der Waals surface area contributed by atoms with E-state index in [1.807, 2.05) is 0 Å². The molecule has 1 aliphatic heterocycles. The lowest BCUT2D eigenvalue weighted by molar-refractivity contribution is 0.190. The fraction of sp³-hybridized carbons (Fsp3) is 0.368. The number of nitrogens with two attached hydrogens (primary N) is 1. The van der Waals surface area contributed by atoms with Crippen molar-refractivity contribution in [2.75, 3.05) is 12.3 Å². The molecule has 2 N–H and O–H groups in total. The molecule has 1 atom stereocenters. The highest BCUT2D eigenvalue weighted by atomic mass is 15.2. The van der Waals surface area contributed by atoms with E-state index in [9.17, 15) is 0 Å². The van der Waals surface area contributed by atoms with Crippen molar-refractivity contribution < 1.29 is 0 Å². The Morgan fingerprint density at radius 2 is 1.81 bits per heavy atom. The van der Waals surface area contributed by atoms with Crippen molar-refractivity contribution in [2.45, 2.75) is 38.3 Å². The Balaban J connectivity index is 1.64. The average molecular weight is 278 g/mol. The van der Waals surface area contributed by atoms with Gasteiger partial charge in [-0.1, -0.05) is 30.3 Å². The highest BCUT2D eigenvalue weighted by molar-refractivity contribution is 5.48. The molecule has 108 valence electrons. The predicted octanol–water partition coefficient (Wildman–Crippen LogP) is 3.70. The van der Waals surface area contributed by atoms with Crippen LogP contribution >= 0.6 is 0 Å². The second kappa shape index (κ2) is 5.19. The van der Waals surface area contributed by atoms with Crippen LogP contribution in [0.2, 0.25) is 0 Å². The number of aryl methyl sites for hydroxylation is 2. The number of rotatable bonds is 1. The van der Waals surface area contributed by atoms with E-state index in [4.69, 9.17) is 5.73 Å². The molecule has 21 heavy (non-hydrogen) atoms. The molecular weight excluding hydrogens is 256 g/mol. The van der Waals surface area contributed by atoms with Gasteiger partial charge >= 0.3 is 0 Å². The van der Waals surface area contributed by atoms with Gasteiger partial charge in [0.15, 0.2) is 0 Å². The van der Waals surface area contributed by atoms with Crippen molar-refractivity contribution in [1.82, 2.24) is 4.90 Å². The maximum Gasteiger partial charge on any atom is 0.0357 e. The molecule has 1 unspecified atom stereocenters. The van der Waals surface area contributed by atoms with Crippen LogP contribution in [0.15, 0.2) is 42.5 Å². The third-order valence-electron chi connectivity index (χ3n) is 5.04. The molecule has 1 heterocycles. The van der Waals surface area contributed by atoms with Crippen molar-refractivity contribution in [2.24, 2.45) is 0 Å². The maximum absolute atomic E-state index is 5.93. The van der Waals surface area contributed by atoms with E-state index in [1.165, 1.54) is 54.5 Å². The number of anilines is 1. The molecule has 2 nitrogen and oxygen atoms in total. The quantitative estimate of drug-likeness (QED) is 0.806. The Hall–Kier alpha value is -1.80. The van der Waals surface area contributed by atoms with Crippen LogP contribution in [0, 0.1) is 0 Å². The highest BCUT2D eigenvalue weighted by Gasteiger charge is 2.29. The highest BCUT2D eigenvalue weighted by Crippen LogP contribution is 2.38. The largest absolute Gasteiger partial charge is 0.399 e. The van der Waals surface area contributed by atoms with Crippen LogP contribution in [0.5, 0.6) is 0 Å². The van der Waals surface area contributed by atoms with Gasteiger partial charge in [-0.2, -0.15) is 0 Å². The van der Waals surface area contributed by atoms with E-state index < -0.39 is 0 Å². The first kappa shape index (κ1) is 12.9. The van der Waals surface area contributed by atoms with Gasteiger partial charge in [0.25, 0.3) is 0 Å². The topological polar surface area (TPSA) is 29.3 Å². The zero-order valence-corrected chi connectivity index (χ0v) is 12.4. The van der Waals surface area contributed by atoms with Crippen molar-refractivity contribution in [1.29, 1.82) is 0 Å². The van der Waals surface area contributed by atoms with Gasteiger partial charge in [-0.15, -0.1) is 0 Å². The minimum Gasteiger partial charge on any atom is -0.399 e. The summed E-state index contributed by atoms with van der Waals surface area (Å²) in [7, 11) is 0. The van der Waals surface area contributed by atoms with Gasteiger partial charge in [-0.25, -0.2) is 0 Å². The lowest BCUT2D eigenvalue weighted by Crippen LogP contribution is -2.27. The molecule has 2 aromatic carbocycles. The average Bonchev–Trinajstić information content (AvgIpc) is 2.78. The standard InChI is InChI=1S/C19H22N2/c20-17-8-9-18-15(12-17)7-10-19(18)21-11-3-6-14-4-1-2-5-16(14)13-21/h1-2,4-5,8-9,12,19H,3,6-7,10-11,13,20H2. The first-order valence-electron chi connectivity index (χ1n) is 8.00. The third-order valence-corrected chi connectivity index (χ3v) is 5.04. The molecule has 2 heteroatoms. The molecule has 0 aromatic heterocycles. The summed E-state index contributed by atoms with van der Waals surface area (Å²) in [6.45, 7) is 2.29. The van der Waals surface area contributed by atoms with Crippen LogP contribution in [0.25, 0.3) is 0 Å². The summed E-state index contributed by atoms with van der Waals surface area (Å²) in [4.78, 5) is 2.67. The summed E-state index contributed by atoms with van der Waals surface area (Å²) >= 11 is 0. The Morgan fingerprint density at radius 1 is 0.952 bits per heavy atom.